The predicted octanol–water partition coefficient (Wildman–Crippen LogP) is 1.43. The first-order valence-electron chi connectivity index (χ1n) is 5.22. The summed E-state index contributed by atoms with van der Waals surface area (Å²) in [6.07, 6.45) is 5.14. The number of benzene rings is 1. The Morgan fingerprint density at radius 3 is 2.67 bits per heavy atom. The lowest BCUT2D eigenvalue weighted by Crippen LogP contribution is -2.29. The van der Waals surface area contributed by atoms with Gasteiger partial charge in [-0.15, -0.1) is 0 Å². The molecule has 15 heavy (non-hydrogen) atoms. The quantitative estimate of drug-likeness (QED) is 0.728. The minimum absolute atomic E-state index is 0.529. The first-order chi connectivity index (χ1) is 7.09. The molecule has 0 unspecified atom stereocenters. The highest BCUT2D eigenvalue weighted by atomic mass is 16.4. The van der Waals surface area contributed by atoms with Crippen molar-refractivity contribution in [3.63, 3.8) is 0 Å². The number of hydrogen-bond acceptors (Lipinski definition) is 2. The van der Waals surface area contributed by atoms with Crippen molar-refractivity contribution in [2.45, 2.75) is 20.3 Å². The number of rotatable bonds is 4. The van der Waals surface area contributed by atoms with Gasteiger partial charge in [0, 0.05) is 0 Å². The first-order valence-corrected chi connectivity index (χ1v) is 5.22. The molecule has 3 heteroatoms. The molecule has 0 aliphatic rings. The maximum absolute atomic E-state index is 8.99. The molecule has 0 aliphatic heterocycles. The van der Waals surface area contributed by atoms with Gasteiger partial charge in [-0.3, -0.25) is 0 Å². The fraction of sp³-hybridized carbons (Fsp3) is 0.333. The highest BCUT2D eigenvalue weighted by Crippen LogP contribution is 2.05. The SMILES string of the molecule is CC(C)C/C=C/c1cccc(B(O)O)c1. The zero-order valence-corrected chi connectivity index (χ0v) is 9.22. The average Bonchev–Trinajstić information content (AvgIpc) is 2.17. The second-order valence-corrected chi connectivity index (χ2v) is 4.08. The van der Waals surface area contributed by atoms with E-state index in [0.29, 0.717) is 11.4 Å². The van der Waals surface area contributed by atoms with Crippen LogP contribution in [0.25, 0.3) is 6.08 Å². The van der Waals surface area contributed by atoms with Crippen LogP contribution in [0.3, 0.4) is 0 Å². The number of hydrogen-bond donors (Lipinski definition) is 2. The molecule has 0 aliphatic carbocycles. The van der Waals surface area contributed by atoms with Crippen molar-refractivity contribution >= 4 is 18.7 Å². The Kier molecular flexibility index (Phi) is 4.59. The zero-order valence-electron chi connectivity index (χ0n) is 9.22. The molecule has 0 aromatic heterocycles. The smallest absolute Gasteiger partial charge is 0.423 e. The van der Waals surface area contributed by atoms with Crippen LogP contribution in [0.1, 0.15) is 25.8 Å². The summed E-state index contributed by atoms with van der Waals surface area (Å²) in [5.74, 6) is 0.646. The van der Waals surface area contributed by atoms with Crippen LogP contribution in [0.15, 0.2) is 30.3 Å². The lowest BCUT2D eigenvalue weighted by Gasteiger charge is -2.01. The summed E-state index contributed by atoms with van der Waals surface area (Å²) in [7, 11) is -1.39. The van der Waals surface area contributed by atoms with Gasteiger partial charge in [0.05, 0.1) is 0 Å². The molecule has 80 valence electrons. The van der Waals surface area contributed by atoms with Gasteiger partial charge in [0.2, 0.25) is 0 Å². The van der Waals surface area contributed by atoms with Gasteiger partial charge in [0.15, 0.2) is 0 Å². The number of allylic oxidation sites excluding steroid dienone is 1. The van der Waals surface area contributed by atoms with Crippen molar-refractivity contribution in [1.82, 2.24) is 0 Å². The normalized spacial score (nSPS) is 11.3. The van der Waals surface area contributed by atoms with Crippen molar-refractivity contribution in [2.75, 3.05) is 0 Å². The molecule has 0 saturated heterocycles. The van der Waals surface area contributed by atoms with E-state index >= 15 is 0 Å². The third-order valence-corrected chi connectivity index (χ3v) is 2.13. The standard InChI is InChI=1S/C12H17BO2/c1-10(2)5-3-6-11-7-4-8-12(9-11)13(14)15/h3-4,6-10,14-15H,5H2,1-2H3/b6-3+. The third kappa shape index (κ3) is 4.32. The summed E-state index contributed by atoms with van der Waals surface area (Å²) in [5, 5.41) is 18.0. The maximum Gasteiger partial charge on any atom is 0.488 e. The first kappa shape index (κ1) is 12.0. The second kappa shape index (κ2) is 5.74. The second-order valence-electron chi connectivity index (χ2n) is 4.08. The van der Waals surface area contributed by atoms with Crippen molar-refractivity contribution in [3.05, 3.63) is 35.9 Å². The molecule has 0 amide bonds. The fourth-order valence-electron chi connectivity index (χ4n) is 1.30. The van der Waals surface area contributed by atoms with E-state index in [1.54, 1.807) is 12.1 Å². The predicted molar refractivity (Wildman–Crippen MR) is 64.8 cm³/mol. The van der Waals surface area contributed by atoms with E-state index in [2.05, 4.69) is 19.9 Å². The Balaban J connectivity index is 2.69. The van der Waals surface area contributed by atoms with Crippen LogP contribution < -0.4 is 5.46 Å². The van der Waals surface area contributed by atoms with E-state index in [-0.39, 0.29) is 0 Å². The van der Waals surface area contributed by atoms with Gasteiger partial charge in [-0.05, 0) is 23.4 Å². The molecular formula is C12H17BO2. The summed E-state index contributed by atoms with van der Waals surface area (Å²) in [6.45, 7) is 4.33. The summed E-state index contributed by atoms with van der Waals surface area (Å²) in [4.78, 5) is 0. The lowest BCUT2D eigenvalue weighted by atomic mass is 9.79. The fourth-order valence-corrected chi connectivity index (χ4v) is 1.30. The van der Waals surface area contributed by atoms with E-state index < -0.39 is 7.12 Å². The van der Waals surface area contributed by atoms with Crippen LogP contribution in [0, 0.1) is 5.92 Å². The van der Waals surface area contributed by atoms with Crippen LogP contribution in [-0.2, 0) is 0 Å². The molecule has 2 nitrogen and oxygen atoms in total. The van der Waals surface area contributed by atoms with E-state index in [1.165, 1.54) is 0 Å². The molecule has 0 atom stereocenters. The summed E-state index contributed by atoms with van der Waals surface area (Å²) >= 11 is 0. The highest BCUT2D eigenvalue weighted by Gasteiger charge is 2.09. The Labute approximate surface area is 91.4 Å². The monoisotopic (exact) mass is 204 g/mol. The Morgan fingerprint density at radius 1 is 1.33 bits per heavy atom. The van der Waals surface area contributed by atoms with Gasteiger partial charge >= 0.3 is 7.12 Å². The van der Waals surface area contributed by atoms with E-state index in [1.807, 2.05) is 18.2 Å². The molecule has 0 radical (unpaired) electrons. The van der Waals surface area contributed by atoms with Crippen LogP contribution in [-0.4, -0.2) is 17.2 Å². The van der Waals surface area contributed by atoms with Gasteiger partial charge in [-0.2, -0.15) is 0 Å². The summed E-state index contributed by atoms with van der Waals surface area (Å²) in [6, 6.07) is 7.25. The molecule has 1 aromatic carbocycles. The molecule has 0 bridgehead atoms. The van der Waals surface area contributed by atoms with Crippen molar-refractivity contribution in [1.29, 1.82) is 0 Å². The van der Waals surface area contributed by atoms with Gasteiger partial charge in [-0.1, -0.05) is 50.3 Å². The van der Waals surface area contributed by atoms with Crippen LogP contribution in [0.5, 0.6) is 0 Å². The molecule has 1 aromatic rings. The summed E-state index contributed by atoms with van der Waals surface area (Å²) < 4.78 is 0. The average molecular weight is 204 g/mol. The molecule has 0 heterocycles. The van der Waals surface area contributed by atoms with Crippen molar-refractivity contribution < 1.29 is 10.0 Å². The van der Waals surface area contributed by atoms with E-state index in [4.69, 9.17) is 10.0 Å². The zero-order chi connectivity index (χ0) is 11.3. The van der Waals surface area contributed by atoms with Gasteiger partial charge in [0.25, 0.3) is 0 Å². The maximum atomic E-state index is 8.99. The van der Waals surface area contributed by atoms with E-state index in [0.717, 1.165) is 12.0 Å². The Hall–Kier alpha value is -1.06. The van der Waals surface area contributed by atoms with E-state index in [9.17, 15) is 0 Å². The minimum atomic E-state index is -1.39. The van der Waals surface area contributed by atoms with Crippen LogP contribution in [0.2, 0.25) is 0 Å². The molecule has 0 fully saturated rings. The third-order valence-electron chi connectivity index (χ3n) is 2.13. The summed E-state index contributed by atoms with van der Waals surface area (Å²) in [5.41, 5.74) is 1.53. The highest BCUT2D eigenvalue weighted by molar-refractivity contribution is 6.58. The minimum Gasteiger partial charge on any atom is -0.423 e. The van der Waals surface area contributed by atoms with Gasteiger partial charge in [-0.25, -0.2) is 0 Å². The largest absolute Gasteiger partial charge is 0.488 e. The molecule has 0 spiro atoms. The molecule has 2 N–H and O–H groups in total. The lowest BCUT2D eigenvalue weighted by molar-refractivity contribution is 0.426. The van der Waals surface area contributed by atoms with Gasteiger partial charge < -0.3 is 10.0 Å². The van der Waals surface area contributed by atoms with Gasteiger partial charge in [0.1, 0.15) is 0 Å². The Bertz CT molecular complexity index is 332. The van der Waals surface area contributed by atoms with Crippen molar-refractivity contribution in [2.24, 2.45) is 5.92 Å². The van der Waals surface area contributed by atoms with Crippen LogP contribution in [0.4, 0.5) is 0 Å². The molecular weight excluding hydrogens is 187 g/mol. The van der Waals surface area contributed by atoms with Crippen molar-refractivity contribution in [3.8, 4) is 0 Å². The topological polar surface area (TPSA) is 40.5 Å². The molecule has 1 rings (SSSR count). The molecule has 0 saturated carbocycles. The van der Waals surface area contributed by atoms with Crippen LogP contribution >= 0.6 is 0 Å². The Morgan fingerprint density at radius 2 is 2.07 bits per heavy atom.